The first-order valence-corrected chi connectivity index (χ1v) is 6.85. The summed E-state index contributed by atoms with van der Waals surface area (Å²) in [5.74, 6) is 2.54. The van der Waals surface area contributed by atoms with Crippen molar-refractivity contribution < 1.29 is 0 Å². The molecular formula is C11H17N3S. The summed E-state index contributed by atoms with van der Waals surface area (Å²) in [7, 11) is 0. The second-order valence-corrected chi connectivity index (χ2v) is 5.93. The van der Waals surface area contributed by atoms with Crippen molar-refractivity contribution in [3.63, 3.8) is 0 Å². The Kier molecular flexibility index (Phi) is 2.29. The molecule has 0 amide bonds. The average molecular weight is 223 g/mol. The van der Waals surface area contributed by atoms with Crippen LogP contribution in [-0.2, 0) is 5.54 Å². The Bertz CT molecular complexity index is 350. The van der Waals surface area contributed by atoms with E-state index in [4.69, 9.17) is 5.73 Å². The van der Waals surface area contributed by atoms with Crippen molar-refractivity contribution in [3.8, 4) is 0 Å². The first-order chi connectivity index (χ1) is 7.28. The summed E-state index contributed by atoms with van der Waals surface area (Å²) in [5.41, 5.74) is 7.36. The molecule has 0 spiro atoms. The van der Waals surface area contributed by atoms with Crippen LogP contribution in [0.15, 0.2) is 12.4 Å². The highest BCUT2D eigenvalue weighted by atomic mass is 32.2. The molecule has 0 unspecified atom stereocenters. The number of nitrogens with zero attached hydrogens (tertiary/aromatic N) is 2. The highest BCUT2D eigenvalue weighted by Gasteiger charge is 2.41. The lowest BCUT2D eigenvalue weighted by Crippen LogP contribution is -2.18. The predicted molar refractivity (Wildman–Crippen MR) is 62.9 cm³/mol. The van der Waals surface area contributed by atoms with Crippen LogP contribution < -0.4 is 5.73 Å². The van der Waals surface area contributed by atoms with Crippen molar-refractivity contribution in [3.05, 3.63) is 18.0 Å². The Labute approximate surface area is 94.4 Å². The summed E-state index contributed by atoms with van der Waals surface area (Å²) in [4.78, 5) is 0. The van der Waals surface area contributed by atoms with Gasteiger partial charge in [0.2, 0.25) is 0 Å². The van der Waals surface area contributed by atoms with Crippen molar-refractivity contribution in [1.29, 1.82) is 0 Å². The highest BCUT2D eigenvalue weighted by Crippen LogP contribution is 2.42. The van der Waals surface area contributed by atoms with Gasteiger partial charge in [-0.2, -0.15) is 16.9 Å². The molecule has 3 rings (SSSR count). The van der Waals surface area contributed by atoms with E-state index in [1.54, 1.807) is 0 Å². The van der Waals surface area contributed by atoms with Crippen molar-refractivity contribution in [2.75, 3.05) is 11.5 Å². The van der Waals surface area contributed by atoms with E-state index in [0.29, 0.717) is 6.04 Å². The van der Waals surface area contributed by atoms with E-state index >= 15 is 0 Å². The number of hydrogen-bond acceptors (Lipinski definition) is 3. The normalized spacial score (nSPS) is 25.4. The van der Waals surface area contributed by atoms with Crippen LogP contribution in [0.4, 0.5) is 0 Å². The molecule has 2 N–H and O–H groups in total. The van der Waals surface area contributed by atoms with Gasteiger partial charge in [-0.25, -0.2) is 0 Å². The Morgan fingerprint density at radius 2 is 2.13 bits per heavy atom. The van der Waals surface area contributed by atoms with Gasteiger partial charge in [-0.15, -0.1) is 0 Å². The van der Waals surface area contributed by atoms with E-state index in [2.05, 4.69) is 27.7 Å². The van der Waals surface area contributed by atoms with Gasteiger partial charge in [0.15, 0.2) is 0 Å². The third-order valence-electron chi connectivity index (χ3n) is 3.53. The van der Waals surface area contributed by atoms with Gasteiger partial charge in [-0.05, 0) is 37.2 Å². The molecule has 82 valence electrons. The fourth-order valence-corrected chi connectivity index (χ4v) is 3.25. The lowest BCUT2D eigenvalue weighted by Gasteiger charge is -2.21. The summed E-state index contributed by atoms with van der Waals surface area (Å²) in [6, 6.07) is 0.613. The van der Waals surface area contributed by atoms with E-state index in [1.165, 1.54) is 29.9 Å². The van der Waals surface area contributed by atoms with Crippen molar-refractivity contribution >= 4 is 11.8 Å². The predicted octanol–water partition coefficient (Wildman–Crippen LogP) is 1.90. The smallest absolute Gasteiger partial charge is 0.0540 e. The number of aromatic nitrogens is 2. The molecule has 2 aliphatic rings. The molecular weight excluding hydrogens is 206 g/mol. The molecule has 1 aromatic rings. The van der Waals surface area contributed by atoms with Gasteiger partial charge in [0.1, 0.15) is 0 Å². The zero-order valence-corrected chi connectivity index (χ0v) is 9.67. The molecule has 1 saturated heterocycles. The zero-order valence-electron chi connectivity index (χ0n) is 8.85. The lowest BCUT2D eigenvalue weighted by atomic mass is 10.1. The summed E-state index contributed by atoms with van der Waals surface area (Å²) in [6.45, 7) is 0. The van der Waals surface area contributed by atoms with Gasteiger partial charge in [0.25, 0.3) is 0 Å². The average Bonchev–Trinajstić information content (AvgIpc) is 2.85. The number of hydrogen-bond donors (Lipinski definition) is 1. The lowest BCUT2D eigenvalue weighted by molar-refractivity contribution is 0.426. The summed E-state index contributed by atoms with van der Waals surface area (Å²) in [6.07, 6.45) is 8.90. The minimum absolute atomic E-state index is 0.0261. The quantitative estimate of drug-likeness (QED) is 0.832. The minimum atomic E-state index is -0.0261. The molecule has 0 bridgehead atoms. The summed E-state index contributed by atoms with van der Waals surface area (Å²) < 4.78 is 2.14. The number of thioether (sulfide) groups is 1. The maximum Gasteiger partial charge on any atom is 0.0540 e. The second kappa shape index (κ2) is 3.52. The molecule has 1 aliphatic carbocycles. The van der Waals surface area contributed by atoms with Crippen LogP contribution in [0.1, 0.15) is 37.3 Å². The maximum atomic E-state index is 6.15. The molecule has 0 radical (unpaired) electrons. The molecule has 0 aromatic carbocycles. The Balaban J connectivity index is 1.77. The second-order valence-electron chi connectivity index (χ2n) is 4.71. The van der Waals surface area contributed by atoms with Crippen LogP contribution in [0.3, 0.4) is 0 Å². The van der Waals surface area contributed by atoms with Gasteiger partial charge < -0.3 is 5.73 Å². The van der Waals surface area contributed by atoms with E-state index in [1.807, 2.05) is 6.20 Å². The van der Waals surface area contributed by atoms with E-state index in [9.17, 15) is 0 Å². The third-order valence-corrected chi connectivity index (χ3v) is 4.58. The van der Waals surface area contributed by atoms with Crippen LogP contribution in [0, 0.1) is 0 Å². The number of nitrogens with two attached hydrogens (primary N) is 1. The SMILES string of the molecule is NC1(c2cnn(C3CCSCC3)c2)CC1. The van der Waals surface area contributed by atoms with E-state index in [0.717, 1.165) is 12.8 Å². The Hall–Kier alpha value is -0.480. The molecule has 3 nitrogen and oxygen atoms in total. The summed E-state index contributed by atoms with van der Waals surface area (Å²) >= 11 is 2.05. The largest absolute Gasteiger partial charge is 0.321 e. The molecule has 2 fully saturated rings. The summed E-state index contributed by atoms with van der Waals surface area (Å²) in [5, 5.41) is 4.47. The standard InChI is InChI=1S/C11H17N3S/c12-11(3-4-11)9-7-13-14(8-9)10-1-5-15-6-2-10/h7-8,10H,1-6,12H2. The van der Waals surface area contributed by atoms with Gasteiger partial charge >= 0.3 is 0 Å². The molecule has 15 heavy (non-hydrogen) atoms. The van der Waals surface area contributed by atoms with Crippen LogP contribution >= 0.6 is 11.8 Å². The molecule has 1 aromatic heterocycles. The van der Waals surface area contributed by atoms with Crippen LogP contribution in [-0.4, -0.2) is 21.3 Å². The molecule has 2 heterocycles. The van der Waals surface area contributed by atoms with E-state index < -0.39 is 0 Å². The topological polar surface area (TPSA) is 43.8 Å². The van der Waals surface area contributed by atoms with Gasteiger partial charge in [0.05, 0.1) is 12.2 Å². The van der Waals surface area contributed by atoms with Crippen LogP contribution in [0.5, 0.6) is 0 Å². The zero-order chi connectivity index (χ0) is 10.3. The maximum absolute atomic E-state index is 6.15. The van der Waals surface area contributed by atoms with Gasteiger partial charge in [-0.3, -0.25) is 4.68 Å². The van der Waals surface area contributed by atoms with Crippen LogP contribution in [0.2, 0.25) is 0 Å². The fraction of sp³-hybridized carbons (Fsp3) is 0.727. The monoisotopic (exact) mass is 223 g/mol. The Morgan fingerprint density at radius 1 is 1.40 bits per heavy atom. The van der Waals surface area contributed by atoms with Crippen molar-refractivity contribution in [2.45, 2.75) is 37.3 Å². The van der Waals surface area contributed by atoms with Gasteiger partial charge in [0, 0.05) is 17.3 Å². The van der Waals surface area contributed by atoms with Crippen LogP contribution in [0.25, 0.3) is 0 Å². The van der Waals surface area contributed by atoms with Gasteiger partial charge in [-0.1, -0.05) is 0 Å². The third kappa shape index (κ3) is 1.81. The van der Waals surface area contributed by atoms with Crippen molar-refractivity contribution in [1.82, 2.24) is 9.78 Å². The number of rotatable bonds is 2. The molecule has 1 aliphatic heterocycles. The first-order valence-electron chi connectivity index (χ1n) is 5.69. The molecule has 1 saturated carbocycles. The minimum Gasteiger partial charge on any atom is -0.321 e. The highest BCUT2D eigenvalue weighted by molar-refractivity contribution is 7.99. The fourth-order valence-electron chi connectivity index (χ4n) is 2.17. The first kappa shape index (κ1) is 9.73. The molecule has 0 atom stereocenters. The van der Waals surface area contributed by atoms with Crippen molar-refractivity contribution in [2.24, 2.45) is 5.73 Å². The Morgan fingerprint density at radius 3 is 2.80 bits per heavy atom. The van der Waals surface area contributed by atoms with E-state index in [-0.39, 0.29) is 5.54 Å². The molecule has 4 heteroatoms.